The Morgan fingerprint density at radius 1 is 1.30 bits per heavy atom. The minimum atomic E-state index is 0.508. The maximum atomic E-state index is 6.54. The number of halogens is 1. The van der Waals surface area contributed by atoms with Crippen LogP contribution in [-0.2, 0) is 6.42 Å². The molecule has 2 heterocycles. The van der Waals surface area contributed by atoms with E-state index in [9.17, 15) is 0 Å². The fourth-order valence-corrected chi connectivity index (χ4v) is 4.27. The van der Waals surface area contributed by atoms with Gasteiger partial charge in [0.25, 0.3) is 0 Å². The van der Waals surface area contributed by atoms with Crippen LogP contribution in [0.4, 0.5) is 0 Å². The number of oxazole rings is 1. The van der Waals surface area contributed by atoms with Gasteiger partial charge in [-0.25, -0.2) is 0 Å². The van der Waals surface area contributed by atoms with E-state index >= 15 is 0 Å². The highest BCUT2D eigenvalue weighted by Crippen LogP contribution is 2.37. The van der Waals surface area contributed by atoms with Crippen LogP contribution in [0.5, 0.6) is 0 Å². The van der Waals surface area contributed by atoms with Crippen molar-refractivity contribution in [1.29, 1.82) is 0 Å². The lowest BCUT2D eigenvalue weighted by Gasteiger charge is -2.17. The first-order valence-electron chi connectivity index (χ1n) is 9.97. The SMILES string of the molecule is CCCNC(Cc1c(C)nn2c(-c3ccc(C)cc3Cl)c(C)oc12)C1CC1. The van der Waals surface area contributed by atoms with E-state index in [1.165, 1.54) is 18.4 Å². The standard InChI is InChI=1S/C22H28ClN3O/c1-5-10-24-20(16-7-8-16)12-18-14(3)25-26-21(15(4)27-22(18)26)17-9-6-13(2)11-19(17)23/h6,9,11,16,20,24H,5,7-8,10,12H2,1-4H3. The molecule has 0 aliphatic heterocycles. The Hall–Kier alpha value is -1.78. The average molecular weight is 386 g/mol. The van der Waals surface area contributed by atoms with Crippen LogP contribution in [0.2, 0.25) is 5.02 Å². The first-order chi connectivity index (χ1) is 13.0. The van der Waals surface area contributed by atoms with Gasteiger partial charge in [-0.3, -0.25) is 0 Å². The second-order valence-corrected chi connectivity index (χ2v) is 8.28. The molecule has 1 N–H and O–H groups in total. The van der Waals surface area contributed by atoms with Crippen molar-refractivity contribution in [2.45, 2.75) is 59.4 Å². The number of fused-ring (bicyclic) bond motifs is 1. The van der Waals surface area contributed by atoms with Gasteiger partial charge in [0, 0.05) is 17.2 Å². The molecule has 144 valence electrons. The van der Waals surface area contributed by atoms with E-state index in [2.05, 4.69) is 31.3 Å². The number of benzene rings is 1. The van der Waals surface area contributed by atoms with Crippen LogP contribution in [0.15, 0.2) is 22.6 Å². The number of nitrogens with one attached hydrogen (secondary N) is 1. The Labute approximate surface area is 165 Å². The Bertz CT molecular complexity index is 968. The second kappa shape index (κ2) is 7.33. The Balaban J connectivity index is 1.75. The molecule has 0 saturated heterocycles. The first-order valence-corrected chi connectivity index (χ1v) is 10.3. The lowest BCUT2D eigenvalue weighted by Crippen LogP contribution is -2.33. The van der Waals surface area contributed by atoms with Crippen molar-refractivity contribution in [2.24, 2.45) is 5.92 Å². The molecule has 1 fully saturated rings. The van der Waals surface area contributed by atoms with Crippen LogP contribution in [0.1, 0.15) is 48.8 Å². The number of rotatable bonds is 7. The number of aryl methyl sites for hydroxylation is 3. The van der Waals surface area contributed by atoms with Crippen molar-refractivity contribution < 1.29 is 4.42 Å². The highest BCUT2D eigenvalue weighted by atomic mass is 35.5. The highest BCUT2D eigenvalue weighted by Gasteiger charge is 2.33. The number of hydrogen-bond acceptors (Lipinski definition) is 3. The first kappa shape index (κ1) is 18.6. The van der Waals surface area contributed by atoms with E-state index in [4.69, 9.17) is 21.1 Å². The maximum absolute atomic E-state index is 6.54. The molecule has 1 aromatic carbocycles. The summed E-state index contributed by atoms with van der Waals surface area (Å²) in [6.07, 6.45) is 4.77. The zero-order chi connectivity index (χ0) is 19.1. The lowest BCUT2D eigenvalue weighted by molar-refractivity contribution is 0.457. The van der Waals surface area contributed by atoms with Crippen LogP contribution in [0.3, 0.4) is 0 Å². The van der Waals surface area contributed by atoms with E-state index in [-0.39, 0.29) is 0 Å². The van der Waals surface area contributed by atoms with E-state index in [1.54, 1.807) is 0 Å². The summed E-state index contributed by atoms with van der Waals surface area (Å²) in [5, 5.41) is 9.29. The molecule has 0 spiro atoms. The number of hydrogen-bond donors (Lipinski definition) is 1. The largest absolute Gasteiger partial charge is 0.441 e. The fourth-order valence-electron chi connectivity index (χ4n) is 3.94. The minimum absolute atomic E-state index is 0.508. The summed E-state index contributed by atoms with van der Waals surface area (Å²) in [4.78, 5) is 0. The molecule has 1 aliphatic rings. The van der Waals surface area contributed by atoms with Gasteiger partial charge in [0.15, 0.2) is 0 Å². The second-order valence-electron chi connectivity index (χ2n) is 7.87. The highest BCUT2D eigenvalue weighted by molar-refractivity contribution is 6.33. The summed E-state index contributed by atoms with van der Waals surface area (Å²) in [6.45, 7) is 9.40. The molecule has 3 aromatic rings. The monoisotopic (exact) mass is 385 g/mol. The summed E-state index contributed by atoms with van der Waals surface area (Å²) in [7, 11) is 0. The molecule has 5 heteroatoms. The van der Waals surface area contributed by atoms with Gasteiger partial charge in [-0.1, -0.05) is 30.7 Å². The van der Waals surface area contributed by atoms with Crippen molar-refractivity contribution in [3.8, 4) is 11.3 Å². The van der Waals surface area contributed by atoms with Crippen LogP contribution in [0, 0.1) is 26.7 Å². The molecule has 27 heavy (non-hydrogen) atoms. The molecule has 1 atom stereocenters. The van der Waals surface area contributed by atoms with Gasteiger partial charge in [0.2, 0.25) is 5.71 Å². The normalized spacial score (nSPS) is 15.6. The van der Waals surface area contributed by atoms with E-state index in [0.29, 0.717) is 6.04 Å². The van der Waals surface area contributed by atoms with Gasteiger partial charge in [-0.05, 0) is 70.5 Å². The third kappa shape index (κ3) is 3.53. The zero-order valence-corrected chi connectivity index (χ0v) is 17.4. The Morgan fingerprint density at radius 2 is 2.07 bits per heavy atom. The quantitative estimate of drug-likeness (QED) is 0.584. The van der Waals surface area contributed by atoms with Crippen LogP contribution in [0.25, 0.3) is 17.0 Å². The van der Waals surface area contributed by atoms with Gasteiger partial charge < -0.3 is 9.73 Å². The van der Waals surface area contributed by atoms with Crippen molar-refractivity contribution in [3.05, 3.63) is 45.8 Å². The fraction of sp³-hybridized carbons (Fsp3) is 0.500. The van der Waals surface area contributed by atoms with Crippen molar-refractivity contribution >= 4 is 17.3 Å². The van der Waals surface area contributed by atoms with Crippen LogP contribution in [-0.4, -0.2) is 22.2 Å². The van der Waals surface area contributed by atoms with E-state index in [0.717, 1.165) is 64.3 Å². The molecule has 1 saturated carbocycles. The molecule has 0 bridgehead atoms. The van der Waals surface area contributed by atoms with Crippen molar-refractivity contribution in [3.63, 3.8) is 0 Å². The summed E-state index contributed by atoms with van der Waals surface area (Å²) in [6, 6.07) is 6.63. The molecule has 0 amide bonds. The number of aromatic nitrogens is 2. The Morgan fingerprint density at radius 3 is 2.74 bits per heavy atom. The molecule has 0 radical (unpaired) electrons. The van der Waals surface area contributed by atoms with Gasteiger partial charge in [-0.15, -0.1) is 0 Å². The average Bonchev–Trinajstić information content (AvgIpc) is 3.36. The van der Waals surface area contributed by atoms with Crippen LogP contribution >= 0.6 is 11.6 Å². The molecule has 4 nitrogen and oxygen atoms in total. The topological polar surface area (TPSA) is 42.5 Å². The predicted molar refractivity (Wildman–Crippen MR) is 111 cm³/mol. The molecular formula is C22H28ClN3O. The van der Waals surface area contributed by atoms with Gasteiger partial charge >= 0.3 is 0 Å². The molecular weight excluding hydrogens is 358 g/mol. The predicted octanol–water partition coefficient (Wildman–Crippen LogP) is 5.49. The van der Waals surface area contributed by atoms with E-state index < -0.39 is 0 Å². The van der Waals surface area contributed by atoms with Crippen molar-refractivity contribution in [2.75, 3.05) is 6.54 Å². The summed E-state index contributed by atoms with van der Waals surface area (Å²) in [5.41, 5.74) is 6.19. The third-order valence-electron chi connectivity index (χ3n) is 5.58. The smallest absolute Gasteiger partial charge is 0.225 e. The minimum Gasteiger partial charge on any atom is -0.441 e. The van der Waals surface area contributed by atoms with Gasteiger partial charge in [0.05, 0.1) is 10.7 Å². The van der Waals surface area contributed by atoms with Gasteiger partial charge in [0.1, 0.15) is 11.5 Å². The van der Waals surface area contributed by atoms with Crippen molar-refractivity contribution in [1.82, 2.24) is 14.9 Å². The molecule has 1 unspecified atom stereocenters. The Kier molecular flexibility index (Phi) is 5.04. The summed E-state index contributed by atoms with van der Waals surface area (Å²) >= 11 is 6.54. The summed E-state index contributed by atoms with van der Waals surface area (Å²) in [5.74, 6) is 1.64. The van der Waals surface area contributed by atoms with Crippen LogP contribution < -0.4 is 5.32 Å². The molecule has 4 rings (SSSR count). The van der Waals surface area contributed by atoms with E-state index in [1.807, 2.05) is 24.4 Å². The summed E-state index contributed by atoms with van der Waals surface area (Å²) < 4.78 is 8.15. The number of nitrogens with zero attached hydrogens (tertiary/aromatic N) is 2. The maximum Gasteiger partial charge on any atom is 0.225 e. The van der Waals surface area contributed by atoms with Gasteiger partial charge in [-0.2, -0.15) is 9.61 Å². The third-order valence-corrected chi connectivity index (χ3v) is 5.90. The lowest BCUT2D eigenvalue weighted by atomic mass is 10.0. The molecule has 2 aromatic heterocycles. The molecule has 1 aliphatic carbocycles. The zero-order valence-electron chi connectivity index (χ0n) is 16.6.